The number of nitrogens with zero attached hydrogens (tertiary/aromatic N) is 3. The SMILES string of the molecule is CN(CC(=O)O)C1CCCN(CCC(=O)Nc2ccccc2[N+](=O)[O-])CC1.Cl. The molecule has 1 saturated heterocycles. The van der Waals surface area contributed by atoms with Crippen molar-refractivity contribution in [3.63, 3.8) is 0 Å². The van der Waals surface area contributed by atoms with Gasteiger partial charge in [0.1, 0.15) is 5.69 Å². The van der Waals surface area contributed by atoms with Gasteiger partial charge in [-0.2, -0.15) is 0 Å². The number of likely N-dealkylation sites (tertiary alicyclic amines) is 1. The van der Waals surface area contributed by atoms with Crippen LogP contribution in [-0.2, 0) is 9.59 Å². The number of hydrogen-bond donors (Lipinski definition) is 2. The summed E-state index contributed by atoms with van der Waals surface area (Å²) in [6.07, 6.45) is 2.99. The highest BCUT2D eigenvalue weighted by Crippen LogP contribution is 2.23. The molecule has 1 heterocycles. The van der Waals surface area contributed by atoms with Crippen LogP contribution in [0, 0.1) is 10.1 Å². The molecule has 1 aromatic rings. The highest BCUT2D eigenvalue weighted by molar-refractivity contribution is 5.93. The van der Waals surface area contributed by atoms with Gasteiger partial charge in [-0.1, -0.05) is 12.1 Å². The molecule has 1 aliphatic rings. The minimum atomic E-state index is -0.828. The number of carbonyl (C=O) groups is 2. The number of rotatable bonds is 8. The maximum atomic E-state index is 12.2. The summed E-state index contributed by atoms with van der Waals surface area (Å²) in [5.41, 5.74) is 0.0867. The zero-order valence-corrected chi connectivity index (χ0v) is 16.7. The van der Waals surface area contributed by atoms with E-state index in [-0.39, 0.29) is 48.7 Å². The summed E-state index contributed by atoms with van der Waals surface area (Å²) in [4.78, 5) is 37.6. The average molecular weight is 415 g/mol. The lowest BCUT2D eigenvalue weighted by Crippen LogP contribution is -2.36. The van der Waals surface area contributed by atoms with Gasteiger partial charge < -0.3 is 15.3 Å². The van der Waals surface area contributed by atoms with Crippen molar-refractivity contribution in [2.75, 3.05) is 38.5 Å². The lowest BCUT2D eigenvalue weighted by Gasteiger charge is -2.25. The summed E-state index contributed by atoms with van der Waals surface area (Å²) in [5, 5.41) is 22.5. The molecule has 2 rings (SSSR count). The van der Waals surface area contributed by atoms with Gasteiger partial charge in [-0.05, 0) is 45.5 Å². The summed E-state index contributed by atoms with van der Waals surface area (Å²) >= 11 is 0. The number of nitro benzene ring substituents is 1. The fraction of sp³-hybridized carbons (Fsp3) is 0.556. The van der Waals surface area contributed by atoms with Crippen molar-refractivity contribution in [3.8, 4) is 0 Å². The second-order valence-corrected chi connectivity index (χ2v) is 6.81. The van der Waals surface area contributed by atoms with Gasteiger partial charge in [0.2, 0.25) is 5.91 Å². The topological polar surface area (TPSA) is 116 Å². The summed E-state index contributed by atoms with van der Waals surface area (Å²) in [7, 11) is 1.83. The van der Waals surface area contributed by atoms with Crippen LogP contribution in [0.1, 0.15) is 25.7 Å². The second-order valence-electron chi connectivity index (χ2n) is 6.81. The van der Waals surface area contributed by atoms with Gasteiger partial charge in [-0.3, -0.25) is 24.6 Å². The van der Waals surface area contributed by atoms with Gasteiger partial charge in [-0.15, -0.1) is 12.4 Å². The lowest BCUT2D eigenvalue weighted by molar-refractivity contribution is -0.383. The largest absolute Gasteiger partial charge is 0.480 e. The molecule has 0 bridgehead atoms. The van der Waals surface area contributed by atoms with Crippen LogP contribution in [-0.4, -0.2) is 71.0 Å². The standard InChI is InChI=1S/C18H26N4O5.ClH/c1-20(13-18(24)25)14-5-4-10-21(11-8-14)12-9-17(23)19-15-6-2-3-7-16(15)22(26)27;/h2-3,6-7,14H,4-5,8-13H2,1H3,(H,19,23)(H,24,25);1H. The van der Waals surface area contributed by atoms with E-state index >= 15 is 0 Å². The molecule has 1 unspecified atom stereocenters. The quantitative estimate of drug-likeness (QED) is 0.494. The zero-order chi connectivity index (χ0) is 19.8. The van der Waals surface area contributed by atoms with E-state index in [0.29, 0.717) is 6.54 Å². The fourth-order valence-corrected chi connectivity index (χ4v) is 3.36. The Morgan fingerprint density at radius 3 is 2.71 bits per heavy atom. The number of halogens is 1. The molecular formula is C18H27ClN4O5. The first-order valence-electron chi connectivity index (χ1n) is 9.04. The van der Waals surface area contributed by atoms with E-state index in [9.17, 15) is 19.7 Å². The van der Waals surface area contributed by atoms with Gasteiger partial charge >= 0.3 is 5.97 Å². The summed E-state index contributed by atoms with van der Waals surface area (Å²) in [6, 6.07) is 6.31. The monoisotopic (exact) mass is 414 g/mol. The van der Waals surface area contributed by atoms with Crippen LogP contribution in [0.15, 0.2) is 24.3 Å². The molecule has 0 spiro atoms. The Morgan fingerprint density at radius 1 is 1.32 bits per heavy atom. The number of nitrogens with one attached hydrogen (secondary N) is 1. The molecule has 1 amide bonds. The Labute approximate surface area is 170 Å². The number of benzene rings is 1. The number of hydrogen-bond acceptors (Lipinski definition) is 6. The highest BCUT2D eigenvalue weighted by Gasteiger charge is 2.22. The molecule has 0 aliphatic carbocycles. The summed E-state index contributed by atoms with van der Waals surface area (Å²) in [6.45, 7) is 2.26. The normalized spacial score (nSPS) is 17.4. The smallest absolute Gasteiger partial charge is 0.317 e. The van der Waals surface area contributed by atoms with Crippen molar-refractivity contribution in [1.82, 2.24) is 9.80 Å². The van der Waals surface area contributed by atoms with Crippen molar-refractivity contribution < 1.29 is 19.6 Å². The number of anilines is 1. The average Bonchev–Trinajstić information content (AvgIpc) is 2.85. The van der Waals surface area contributed by atoms with E-state index in [1.54, 1.807) is 12.1 Å². The molecule has 0 aromatic heterocycles. The number of nitro groups is 1. The van der Waals surface area contributed by atoms with Crippen molar-refractivity contribution in [3.05, 3.63) is 34.4 Å². The Morgan fingerprint density at radius 2 is 2.04 bits per heavy atom. The number of carboxylic acids is 1. The molecule has 28 heavy (non-hydrogen) atoms. The van der Waals surface area contributed by atoms with Crippen molar-refractivity contribution >= 4 is 35.7 Å². The van der Waals surface area contributed by atoms with Crippen LogP contribution in [0.3, 0.4) is 0 Å². The summed E-state index contributed by atoms with van der Waals surface area (Å²) < 4.78 is 0. The molecule has 2 N–H and O–H groups in total. The third-order valence-electron chi connectivity index (χ3n) is 4.83. The first-order chi connectivity index (χ1) is 12.9. The van der Waals surface area contributed by atoms with Crippen LogP contribution in [0.25, 0.3) is 0 Å². The molecule has 156 valence electrons. The molecule has 0 saturated carbocycles. The Bertz CT molecular complexity index is 688. The van der Waals surface area contributed by atoms with Crippen LogP contribution >= 0.6 is 12.4 Å². The third kappa shape index (κ3) is 7.41. The molecule has 1 aliphatic heterocycles. The Balaban J connectivity index is 0.00000392. The second kappa shape index (κ2) is 11.6. The number of carboxylic acid groups (broad SMARTS) is 1. The molecule has 9 nitrogen and oxygen atoms in total. The molecule has 0 radical (unpaired) electrons. The maximum absolute atomic E-state index is 12.2. The van der Waals surface area contributed by atoms with Crippen molar-refractivity contribution in [2.24, 2.45) is 0 Å². The van der Waals surface area contributed by atoms with E-state index in [2.05, 4.69) is 10.2 Å². The predicted molar refractivity (Wildman–Crippen MR) is 108 cm³/mol. The highest BCUT2D eigenvalue weighted by atomic mass is 35.5. The molecule has 10 heteroatoms. The van der Waals surface area contributed by atoms with Gasteiger partial charge in [-0.25, -0.2) is 0 Å². The van der Waals surface area contributed by atoms with Crippen LogP contribution in [0.5, 0.6) is 0 Å². The van der Waals surface area contributed by atoms with E-state index < -0.39 is 10.9 Å². The van der Waals surface area contributed by atoms with E-state index in [1.165, 1.54) is 12.1 Å². The summed E-state index contributed by atoms with van der Waals surface area (Å²) in [5.74, 6) is -1.08. The van der Waals surface area contributed by atoms with Crippen LogP contribution in [0.4, 0.5) is 11.4 Å². The molecule has 1 atom stereocenters. The van der Waals surface area contributed by atoms with Crippen LogP contribution in [0.2, 0.25) is 0 Å². The third-order valence-corrected chi connectivity index (χ3v) is 4.83. The first kappa shape index (κ1) is 23.8. The molecular weight excluding hydrogens is 388 g/mol. The van der Waals surface area contributed by atoms with Gasteiger partial charge in [0, 0.05) is 25.1 Å². The van der Waals surface area contributed by atoms with Gasteiger partial charge in [0.05, 0.1) is 11.5 Å². The molecule has 1 fully saturated rings. The zero-order valence-electron chi connectivity index (χ0n) is 15.9. The Kier molecular flexibility index (Phi) is 9.84. The molecule has 1 aromatic carbocycles. The minimum Gasteiger partial charge on any atom is -0.480 e. The van der Waals surface area contributed by atoms with Crippen molar-refractivity contribution in [1.29, 1.82) is 0 Å². The number of carbonyl (C=O) groups excluding carboxylic acids is 1. The van der Waals surface area contributed by atoms with E-state index in [0.717, 1.165) is 32.4 Å². The fourth-order valence-electron chi connectivity index (χ4n) is 3.36. The van der Waals surface area contributed by atoms with E-state index in [4.69, 9.17) is 5.11 Å². The number of likely N-dealkylation sites (N-methyl/N-ethyl adjacent to an activating group) is 1. The van der Waals surface area contributed by atoms with Crippen LogP contribution < -0.4 is 5.32 Å². The van der Waals surface area contributed by atoms with Crippen molar-refractivity contribution in [2.45, 2.75) is 31.7 Å². The Hall–Kier alpha value is -2.23. The minimum absolute atomic E-state index is 0. The lowest BCUT2D eigenvalue weighted by atomic mass is 10.1. The van der Waals surface area contributed by atoms with E-state index in [1.807, 2.05) is 11.9 Å². The number of aliphatic carboxylic acids is 1. The maximum Gasteiger partial charge on any atom is 0.317 e. The predicted octanol–water partition coefficient (Wildman–Crippen LogP) is 2.22. The first-order valence-corrected chi connectivity index (χ1v) is 9.04. The van der Waals surface area contributed by atoms with Gasteiger partial charge in [0.15, 0.2) is 0 Å². The number of para-hydroxylation sites is 2. The van der Waals surface area contributed by atoms with Gasteiger partial charge in [0.25, 0.3) is 5.69 Å². The number of amides is 1.